The molecule has 0 aromatic rings. The minimum atomic E-state index is -4.14. The molecule has 1 atom stereocenters. The quantitative estimate of drug-likeness (QED) is 0.652. The highest BCUT2D eigenvalue weighted by Crippen LogP contribution is 2.29. The van der Waals surface area contributed by atoms with Gasteiger partial charge in [-0.25, -0.2) is 0 Å². The lowest BCUT2D eigenvalue weighted by molar-refractivity contribution is -0.148. The standard InChI is InChI=1S/C7H10F3NO/c8-7(9,10)4-5-1-2-11-6(12)3-5/h5H,1-4H2,(H,11,12). The Morgan fingerprint density at radius 3 is 2.67 bits per heavy atom. The Bertz CT molecular complexity index is 178. The molecule has 70 valence electrons. The van der Waals surface area contributed by atoms with Crippen molar-refractivity contribution < 1.29 is 18.0 Å². The lowest BCUT2D eigenvalue weighted by Gasteiger charge is -2.22. The fourth-order valence-electron chi connectivity index (χ4n) is 1.35. The van der Waals surface area contributed by atoms with Gasteiger partial charge in [0.25, 0.3) is 0 Å². The molecule has 1 unspecified atom stereocenters. The molecule has 0 radical (unpaired) electrons. The number of piperidine rings is 1. The van der Waals surface area contributed by atoms with Crippen LogP contribution in [0, 0.1) is 5.92 Å². The predicted molar refractivity (Wildman–Crippen MR) is 36.4 cm³/mol. The molecule has 0 spiro atoms. The van der Waals surface area contributed by atoms with Crippen LogP contribution in [0.1, 0.15) is 19.3 Å². The van der Waals surface area contributed by atoms with Gasteiger partial charge in [-0.15, -0.1) is 0 Å². The lowest BCUT2D eigenvalue weighted by Crippen LogP contribution is -2.35. The second-order valence-corrected chi connectivity index (χ2v) is 3.03. The fraction of sp³-hybridized carbons (Fsp3) is 0.857. The number of halogens is 3. The zero-order valence-corrected chi connectivity index (χ0v) is 6.45. The summed E-state index contributed by atoms with van der Waals surface area (Å²) in [7, 11) is 0. The van der Waals surface area contributed by atoms with Crippen molar-refractivity contribution >= 4 is 5.91 Å². The molecule has 0 saturated carbocycles. The molecule has 12 heavy (non-hydrogen) atoms. The van der Waals surface area contributed by atoms with Crippen LogP contribution in [-0.2, 0) is 4.79 Å². The minimum absolute atomic E-state index is 0.0134. The van der Waals surface area contributed by atoms with Gasteiger partial charge in [0.15, 0.2) is 0 Å². The van der Waals surface area contributed by atoms with Crippen molar-refractivity contribution in [1.29, 1.82) is 0 Å². The topological polar surface area (TPSA) is 29.1 Å². The first-order valence-electron chi connectivity index (χ1n) is 3.81. The average molecular weight is 181 g/mol. The molecular weight excluding hydrogens is 171 g/mol. The van der Waals surface area contributed by atoms with Gasteiger partial charge in [0.2, 0.25) is 5.91 Å². The molecule has 1 aliphatic rings. The van der Waals surface area contributed by atoms with Gasteiger partial charge in [-0.05, 0) is 12.3 Å². The molecular formula is C7H10F3NO. The number of hydrogen-bond donors (Lipinski definition) is 1. The summed E-state index contributed by atoms with van der Waals surface area (Å²) in [6.07, 6.45) is -4.52. The molecule has 2 nitrogen and oxygen atoms in total. The van der Waals surface area contributed by atoms with Crippen molar-refractivity contribution in [3.63, 3.8) is 0 Å². The number of nitrogens with one attached hydrogen (secondary N) is 1. The highest BCUT2D eigenvalue weighted by Gasteiger charge is 2.33. The predicted octanol–water partition coefficient (Wildman–Crippen LogP) is 1.47. The van der Waals surface area contributed by atoms with Crippen LogP contribution in [0.25, 0.3) is 0 Å². The number of amides is 1. The van der Waals surface area contributed by atoms with Gasteiger partial charge in [0, 0.05) is 19.4 Å². The van der Waals surface area contributed by atoms with Crippen LogP contribution in [0.5, 0.6) is 0 Å². The first-order valence-corrected chi connectivity index (χ1v) is 3.81. The van der Waals surface area contributed by atoms with Crippen LogP contribution in [0.2, 0.25) is 0 Å². The number of carbonyl (C=O) groups excluding carboxylic acids is 1. The summed E-state index contributed by atoms with van der Waals surface area (Å²) in [6, 6.07) is 0. The lowest BCUT2D eigenvalue weighted by atomic mass is 9.94. The zero-order valence-electron chi connectivity index (χ0n) is 6.45. The Hall–Kier alpha value is -0.740. The van der Waals surface area contributed by atoms with Crippen LogP contribution in [0.15, 0.2) is 0 Å². The molecule has 0 bridgehead atoms. The Morgan fingerprint density at radius 1 is 1.50 bits per heavy atom. The van der Waals surface area contributed by atoms with Crippen LogP contribution in [-0.4, -0.2) is 18.6 Å². The van der Waals surface area contributed by atoms with Gasteiger partial charge >= 0.3 is 6.18 Å². The SMILES string of the molecule is O=C1CC(CC(F)(F)F)CCN1. The van der Waals surface area contributed by atoms with E-state index in [0.29, 0.717) is 13.0 Å². The van der Waals surface area contributed by atoms with Crippen LogP contribution >= 0.6 is 0 Å². The molecule has 1 N–H and O–H groups in total. The molecule has 0 aromatic heterocycles. The number of alkyl halides is 3. The minimum Gasteiger partial charge on any atom is -0.356 e. The summed E-state index contributed by atoms with van der Waals surface area (Å²) in [5.74, 6) is -0.783. The first-order chi connectivity index (χ1) is 5.47. The van der Waals surface area contributed by atoms with Gasteiger partial charge < -0.3 is 5.32 Å². The van der Waals surface area contributed by atoms with Crippen LogP contribution in [0.3, 0.4) is 0 Å². The molecule has 1 fully saturated rings. The zero-order chi connectivity index (χ0) is 9.19. The average Bonchev–Trinajstić information content (AvgIpc) is 1.82. The summed E-state index contributed by atoms with van der Waals surface area (Å²) in [5, 5.41) is 2.49. The second kappa shape index (κ2) is 3.33. The summed E-state index contributed by atoms with van der Waals surface area (Å²) in [5.41, 5.74) is 0. The third-order valence-electron chi connectivity index (χ3n) is 1.87. The molecule has 1 rings (SSSR count). The third kappa shape index (κ3) is 3.11. The van der Waals surface area contributed by atoms with Crippen molar-refractivity contribution in [3.05, 3.63) is 0 Å². The summed E-state index contributed by atoms with van der Waals surface area (Å²) in [6.45, 7) is 0.375. The maximum Gasteiger partial charge on any atom is 0.389 e. The molecule has 1 saturated heterocycles. The van der Waals surface area contributed by atoms with Crippen molar-refractivity contribution in [2.24, 2.45) is 5.92 Å². The molecule has 5 heteroatoms. The van der Waals surface area contributed by atoms with E-state index in [1.807, 2.05) is 0 Å². The summed E-state index contributed by atoms with van der Waals surface area (Å²) >= 11 is 0. The van der Waals surface area contributed by atoms with Gasteiger partial charge in [0.1, 0.15) is 0 Å². The van der Waals surface area contributed by atoms with E-state index in [4.69, 9.17) is 0 Å². The van der Waals surface area contributed by atoms with Gasteiger partial charge in [0.05, 0.1) is 0 Å². The Labute approximate surface area is 68.1 Å². The van der Waals surface area contributed by atoms with Crippen molar-refractivity contribution in [3.8, 4) is 0 Å². The van der Waals surface area contributed by atoms with E-state index in [0.717, 1.165) is 0 Å². The number of hydrogen-bond acceptors (Lipinski definition) is 1. The van der Waals surface area contributed by atoms with Gasteiger partial charge in [-0.2, -0.15) is 13.2 Å². The van der Waals surface area contributed by atoms with E-state index < -0.39 is 18.5 Å². The van der Waals surface area contributed by atoms with E-state index in [1.165, 1.54) is 0 Å². The molecule has 0 aliphatic carbocycles. The number of carbonyl (C=O) groups is 1. The van der Waals surface area contributed by atoms with E-state index in [2.05, 4.69) is 5.32 Å². The Balaban J connectivity index is 2.37. The molecule has 1 heterocycles. The molecule has 0 aromatic carbocycles. The highest BCUT2D eigenvalue weighted by molar-refractivity contribution is 5.76. The number of rotatable bonds is 1. The first kappa shape index (κ1) is 9.35. The van der Waals surface area contributed by atoms with E-state index in [1.54, 1.807) is 0 Å². The summed E-state index contributed by atoms with van der Waals surface area (Å²) in [4.78, 5) is 10.7. The van der Waals surface area contributed by atoms with Crippen molar-refractivity contribution in [2.45, 2.75) is 25.4 Å². The van der Waals surface area contributed by atoms with E-state index in [-0.39, 0.29) is 12.3 Å². The highest BCUT2D eigenvalue weighted by atomic mass is 19.4. The van der Waals surface area contributed by atoms with E-state index in [9.17, 15) is 18.0 Å². The normalized spacial score (nSPS) is 25.2. The second-order valence-electron chi connectivity index (χ2n) is 3.03. The summed E-state index contributed by atoms with van der Waals surface area (Å²) < 4.78 is 35.5. The molecule has 1 amide bonds. The Morgan fingerprint density at radius 2 is 2.17 bits per heavy atom. The van der Waals surface area contributed by atoms with Crippen molar-refractivity contribution in [2.75, 3.05) is 6.54 Å². The maximum absolute atomic E-state index is 11.8. The van der Waals surface area contributed by atoms with Gasteiger partial charge in [-0.1, -0.05) is 0 Å². The van der Waals surface area contributed by atoms with Crippen LogP contribution in [0.4, 0.5) is 13.2 Å². The fourth-order valence-corrected chi connectivity index (χ4v) is 1.35. The van der Waals surface area contributed by atoms with Gasteiger partial charge in [-0.3, -0.25) is 4.79 Å². The Kier molecular flexibility index (Phi) is 2.59. The monoisotopic (exact) mass is 181 g/mol. The van der Waals surface area contributed by atoms with Crippen LogP contribution < -0.4 is 5.32 Å². The maximum atomic E-state index is 11.8. The van der Waals surface area contributed by atoms with Crippen molar-refractivity contribution in [1.82, 2.24) is 5.32 Å². The van der Waals surface area contributed by atoms with E-state index >= 15 is 0 Å². The smallest absolute Gasteiger partial charge is 0.356 e. The molecule has 1 aliphatic heterocycles. The largest absolute Gasteiger partial charge is 0.389 e. The third-order valence-corrected chi connectivity index (χ3v) is 1.87.